The second kappa shape index (κ2) is 2.41. The van der Waals surface area contributed by atoms with Gasteiger partial charge in [0.15, 0.2) is 0 Å². The Morgan fingerprint density at radius 1 is 1.60 bits per heavy atom. The predicted octanol–water partition coefficient (Wildman–Crippen LogP) is 3.20. The van der Waals surface area contributed by atoms with Crippen molar-refractivity contribution in [3.05, 3.63) is 18.6 Å². The molecule has 10 heavy (non-hydrogen) atoms. The molecule has 0 aromatic carbocycles. The minimum atomic E-state index is 0.430. The minimum Gasteiger partial charge on any atom is -0.0820 e. The van der Waals surface area contributed by atoms with Gasteiger partial charge >= 0.3 is 0 Å². The predicted molar refractivity (Wildman–Crippen MR) is 45.6 cm³/mol. The Kier molecular flexibility index (Phi) is 1.89. The smallest absolute Gasteiger partial charge is 0.0179 e. The molecule has 1 aliphatic rings. The summed E-state index contributed by atoms with van der Waals surface area (Å²) in [6.45, 7) is 10.9. The van der Waals surface area contributed by atoms with Gasteiger partial charge in [-0.1, -0.05) is 25.5 Å². The van der Waals surface area contributed by atoms with Crippen LogP contribution in [0.2, 0.25) is 0 Å². The van der Waals surface area contributed by atoms with Gasteiger partial charge in [0.25, 0.3) is 0 Å². The van der Waals surface area contributed by atoms with E-state index >= 15 is 0 Å². The SMILES string of the molecule is [CH2]C1C=C(C)CCC1(C)C. The molecule has 0 aromatic rings. The fourth-order valence-corrected chi connectivity index (χ4v) is 1.36. The summed E-state index contributed by atoms with van der Waals surface area (Å²) < 4.78 is 0. The lowest BCUT2D eigenvalue weighted by molar-refractivity contribution is 0.260. The molecule has 0 bridgehead atoms. The molecule has 1 unspecified atom stereocenters. The first-order chi connectivity index (χ1) is 4.52. The number of rotatable bonds is 0. The van der Waals surface area contributed by atoms with Crippen LogP contribution in [0.4, 0.5) is 0 Å². The Morgan fingerprint density at radius 2 is 2.20 bits per heavy atom. The van der Waals surface area contributed by atoms with Crippen LogP contribution in [0.1, 0.15) is 33.6 Å². The molecule has 0 saturated carbocycles. The zero-order valence-electron chi connectivity index (χ0n) is 7.28. The van der Waals surface area contributed by atoms with E-state index in [1.54, 1.807) is 0 Å². The van der Waals surface area contributed by atoms with Crippen LogP contribution in [0.3, 0.4) is 0 Å². The lowest BCUT2D eigenvalue weighted by atomic mass is 9.71. The Bertz CT molecular complexity index is 151. The number of hydrogen-bond donors (Lipinski definition) is 0. The molecule has 1 radical (unpaired) electrons. The summed E-state index contributed by atoms with van der Waals surface area (Å²) >= 11 is 0. The largest absolute Gasteiger partial charge is 0.0820 e. The average molecular weight is 137 g/mol. The third kappa shape index (κ3) is 1.42. The Morgan fingerprint density at radius 3 is 2.60 bits per heavy atom. The molecular weight excluding hydrogens is 120 g/mol. The molecule has 0 aliphatic heterocycles. The van der Waals surface area contributed by atoms with E-state index in [0.717, 1.165) is 0 Å². The van der Waals surface area contributed by atoms with Gasteiger partial charge in [-0.15, -0.1) is 0 Å². The monoisotopic (exact) mass is 137 g/mol. The fourth-order valence-electron chi connectivity index (χ4n) is 1.36. The van der Waals surface area contributed by atoms with Crippen LogP contribution in [-0.4, -0.2) is 0 Å². The molecule has 0 saturated heterocycles. The molecule has 1 aliphatic carbocycles. The molecule has 0 nitrogen and oxygen atoms in total. The summed E-state index contributed by atoms with van der Waals surface area (Å²) in [5.41, 5.74) is 1.94. The first-order valence-corrected chi connectivity index (χ1v) is 4.03. The summed E-state index contributed by atoms with van der Waals surface area (Å²) in [6.07, 6.45) is 4.87. The molecule has 0 fully saturated rings. The lowest BCUT2D eigenvalue weighted by Gasteiger charge is -2.34. The Hall–Kier alpha value is -0.260. The van der Waals surface area contributed by atoms with Crippen molar-refractivity contribution < 1.29 is 0 Å². The Balaban J connectivity index is 2.74. The molecule has 0 heteroatoms. The summed E-state index contributed by atoms with van der Waals surface area (Å²) in [7, 11) is 0. The highest BCUT2D eigenvalue weighted by atomic mass is 14.3. The zero-order chi connectivity index (χ0) is 7.78. The van der Waals surface area contributed by atoms with Crippen LogP contribution in [0.25, 0.3) is 0 Å². The standard InChI is InChI=1S/C10H17/c1-8-5-6-10(3,4)9(2)7-8/h7,9H,2,5-6H2,1,3-4H3. The molecule has 1 rings (SSSR count). The van der Waals surface area contributed by atoms with Crippen molar-refractivity contribution in [2.75, 3.05) is 0 Å². The highest BCUT2D eigenvalue weighted by Crippen LogP contribution is 2.38. The molecule has 1 atom stereocenters. The quantitative estimate of drug-likeness (QED) is 0.450. The van der Waals surface area contributed by atoms with E-state index in [0.29, 0.717) is 11.3 Å². The van der Waals surface area contributed by atoms with Crippen LogP contribution in [0, 0.1) is 18.3 Å². The van der Waals surface area contributed by atoms with E-state index in [2.05, 4.69) is 33.8 Å². The van der Waals surface area contributed by atoms with E-state index in [9.17, 15) is 0 Å². The first kappa shape index (κ1) is 7.84. The van der Waals surface area contributed by atoms with Gasteiger partial charge in [-0.2, -0.15) is 0 Å². The van der Waals surface area contributed by atoms with E-state index in [4.69, 9.17) is 0 Å². The van der Waals surface area contributed by atoms with Crippen molar-refractivity contribution in [2.24, 2.45) is 11.3 Å². The third-order valence-electron chi connectivity index (χ3n) is 2.65. The number of hydrogen-bond acceptors (Lipinski definition) is 0. The number of allylic oxidation sites excluding steroid dienone is 2. The van der Waals surface area contributed by atoms with Crippen molar-refractivity contribution in [3.8, 4) is 0 Å². The summed E-state index contributed by atoms with van der Waals surface area (Å²) in [5.74, 6) is 0.515. The average Bonchev–Trinajstić information content (AvgIpc) is 1.81. The zero-order valence-corrected chi connectivity index (χ0v) is 7.28. The van der Waals surface area contributed by atoms with Crippen LogP contribution in [-0.2, 0) is 0 Å². The molecule has 0 N–H and O–H groups in total. The second-order valence-corrected chi connectivity index (χ2v) is 4.11. The van der Waals surface area contributed by atoms with Gasteiger partial charge in [0, 0.05) is 0 Å². The molecule has 0 spiro atoms. The molecule has 0 amide bonds. The first-order valence-electron chi connectivity index (χ1n) is 4.03. The molecular formula is C10H17. The van der Waals surface area contributed by atoms with Gasteiger partial charge in [-0.05, 0) is 38.0 Å². The van der Waals surface area contributed by atoms with Crippen molar-refractivity contribution in [1.29, 1.82) is 0 Å². The summed E-state index contributed by atoms with van der Waals surface area (Å²) in [4.78, 5) is 0. The summed E-state index contributed by atoms with van der Waals surface area (Å²) in [6, 6.07) is 0. The fraction of sp³-hybridized carbons (Fsp3) is 0.700. The topological polar surface area (TPSA) is 0 Å². The van der Waals surface area contributed by atoms with Crippen molar-refractivity contribution in [1.82, 2.24) is 0 Å². The minimum absolute atomic E-state index is 0.430. The van der Waals surface area contributed by atoms with E-state index in [1.807, 2.05) is 0 Å². The van der Waals surface area contributed by atoms with Gasteiger partial charge in [0.05, 0.1) is 0 Å². The van der Waals surface area contributed by atoms with Gasteiger partial charge in [-0.25, -0.2) is 0 Å². The normalized spacial score (nSPS) is 31.6. The van der Waals surface area contributed by atoms with E-state index < -0.39 is 0 Å². The second-order valence-electron chi connectivity index (χ2n) is 4.11. The molecule has 57 valence electrons. The van der Waals surface area contributed by atoms with Gasteiger partial charge in [0.2, 0.25) is 0 Å². The van der Waals surface area contributed by atoms with Crippen molar-refractivity contribution in [2.45, 2.75) is 33.6 Å². The van der Waals surface area contributed by atoms with E-state index in [-0.39, 0.29) is 0 Å². The maximum atomic E-state index is 4.12. The van der Waals surface area contributed by atoms with E-state index in [1.165, 1.54) is 18.4 Å². The lowest BCUT2D eigenvalue weighted by Crippen LogP contribution is -2.23. The van der Waals surface area contributed by atoms with Crippen LogP contribution < -0.4 is 0 Å². The highest BCUT2D eigenvalue weighted by molar-refractivity contribution is 5.10. The van der Waals surface area contributed by atoms with Crippen molar-refractivity contribution in [3.63, 3.8) is 0 Å². The third-order valence-corrected chi connectivity index (χ3v) is 2.65. The highest BCUT2D eigenvalue weighted by Gasteiger charge is 2.26. The maximum Gasteiger partial charge on any atom is -0.0179 e. The Labute approximate surface area is 64.3 Å². The van der Waals surface area contributed by atoms with Crippen LogP contribution in [0.15, 0.2) is 11.6 Å². The van der Waals surface area contributed by atoms with Crippen LogP contribution >= 0.6 is 0 Å². The van der Waals surface area contributed by atoms with Gasteiger partial charge in [0.1, 0.15) is 0 Å². The maximum absolute atomic E-state index is 4.12. The van der Waals surface area contributed by atoms with Gasteiger partial charge in [-0.3, -0.25) is 0 Å². The van der Waals surface area contributed by atoms with Gasteiger partial charge < -0.3 is 0 Å². The molecule has 0 heterocycles. The molecule has 0 aromatic heterocycles. The van der Waals surface area contributed by atoms with Crippen molar-refractivity contribution >= 4 is 0 Å². The van der Waals surface area contributed by atoms with Crippen LogP contribution in [0.5, 0.6) is 0 Å². The summed E-state index contributed by atoms with van der Waals surface area (Å²) in [5, 5.41) is 0.